The fourth-order valence-electron chi connectivity index (χ4n) is 2.81. The molecule has 1 heterocycles. The molecule has 5 nitrogen and oxygen atoms in total. The Hall–Kier alpha value is -1.17. The van der Waals surface area contributed by atoms with Crippen LogP contribution in [0.25, 0.3) is 0 Å². The van der Waals surface area contributed by atoms with E-state index in [0.717, 1.165) is 44.1 Å². The number of likely N-dealkylation sites (N-methyl/N-ethyl adjacent to an activating group) is 1. The lowest BCUT2D eigenvalue weighted by Gasteiger charge is -2.27. The van der Waals surface area contributed by atoms with Crippen LogP contribution in [0.2, 0.25) is 0 Å². The lowest BCUT2D eigenvalue weighted by Crippen LogP contribution is -2.35. The van der Waals surface area contributed by atoms with Gasteiger partial charge in [0.25, 0.3) is 5.69 Å². The Kier molecular flexibility index (Phi) is 7.64. The lowest BCUT2D eigenvalue weighted by atomic mass is 9.97. The summed E-state index contributed by atoms with van der Waals surface area (Å²) in [6.45, 7) is 4.18. The van der Waals surface area contributed by atoms with E-state index >= 15 is 0 Å². The number of piperidine rings is 1. The highest BCUT2D eigenvalue weighted by molar-refractivity contribution is 5.85. The minimum atomic E-state index is -0.290. The van der Waals surface area contributed by atoms with Gasteiger partial charge in [0.15, 0.2) is 0 Å². The molecule has 0 unspecified atom stereocenters. The standard InChI is InChI=1S/C15H23N3O2.ClH/c1-17(12-13-6-9-16-10-7-13)11-8-14-4-2-3-5-15(14)18(19)20;/h2-5,13,16H,6-12H2,1H3;1H. The number of nitro benzene ring substituents is 1. The second-order valence-electron chi connectivity index (χ2n) is 5.59. The van der Waals surface area contributed by atoms with Crippen molar-refractivity contribution in [2.24, 2.45) is 5.92 Å². The molecule has 21 heavy (non-hydrogen) atoms. The predicted molar refractivity (Wildman–Crippen MR) is 87.1 cm³/mol. The van der Waals surface area contributed by atoms with Crippen molar-refractivity contribution < 1.29 is 4.92 Å². The Balaban J connectivity index is 0.00000220. The van der Waals surface area contributed by atoms with Gasteiger partial charge < -0.3 is 10.2 Å². The van der Waals surface area contributed by atoms with Gasteiger partial charge in [0.2, 0.25) is 0 Å². The summed E-state index contributed by atoms with van der Waals surface area (Å²) in [7, 11) is 2.11. The molecule has 0 saturated carbocycles. The summed E-state index contributed by atoms with van der Waals surface area (Å²) in [6, 6.07) is 7.04. The first kappa shape index (κ1) is 17.9. The minimum Gasteiger partial charge on any atom is -0.317 e. The normalized spacial score (nSPS) is 15.7. The zero-order valence-electron chi connectivity index (χ0n) is 12.5. The zero-order chi connectivity index (χ0) is 14.4. The predicted octanol–water partition coefficient (Wildman–Crippen LogP) is 2.49. The number of hydrogen-bond acceptors (Lipinski definition) is 4. The number of nitro groups is 1. The molecule has 0 radical (unpaired) electrons. The van der Waals surface area contributed by atoms with Crippen molar-refractivity contribution in [2.75, 3.05) is 33.2 Å². The highest BCUT2D eigenvalue weighted by atomic mass is 35.5. The monoisotopic (exact) mass is 313 g/mol. The van der Waals surface area contributed by atoms with Gasteiger partial charge in [0.05, 0.1) is 4.92 Å². The van der Waals surface area contributed by atoms with Crippen molar-refractivity contribution in [3.8, 4) is 0 Å². The first-order valence-electron chi connectivity index (χ1n) is 7.28. The number of rotatable bonds is 6. The molecule has 0 bridgehead atoms. The van der Waals surface area contributed by atoms with E-state index in [0.29, 0.717) is 0 Å². The molecule has 0 aromatic heterocycles. The molecular weight excluding hydrogens is 290 g/mol. The van der Waals surface area contributed by atoms with Crippen LogP contribution in [0.4, 0.5) is 5.69 Å². The summed E-state index contributed by atoms with van der Waals surface area (Å²) in [5.74, 6) is 0.756. The second kappa shape index (κ2) is 8.97. The van der Waals surface area contributed by atoms with E-state index < -0.39 is 0 Å². The first-order chi connectivity index (χ1) is 9.66. The maximum Gasteiger partial charge on any atom is 0.272 e. The summed E-state index contributed by atoms with van der Waals surface area (Å²) in [4.78, 5) is 13.0. The molecular formula is C15H24ClN3O2. The summed E-state index contributed by atoms with van der Waals surface area (Å²) < 4.78 is 0. The van der Waals surface area contributed by atoms with Crippen LogP contribution in [0.1, 0.15) is 18.4 Å². The minimum absolute atomic E-state index is 0. The van der Waals surface area contributed by atoms with E-state index in [1.807, 2.05) is 12.1 Å². The van der Waals surface area contributed by atoms with Crippen LogP contribution >= 0.6 is 12.4 Å². The van der Waals surface area contributed by atoms with Gasteiger partial charge in [0.1, 0.15) is 0 Å². The molecule has 0 atom stereocenters. The summed E-state index contributed by atoms with van der Waals surface area (Å²) in [5, 5.41) is 14.3. The van der Waals surface area contributed by atoms with E-state index in [4.69, 9.17) is 0 Å². The van der Waals surface area contributed by atoms with E-state index in [-0.39, 0.29) is 23.0 Å². The second-order valence-corrected chi connectivity index (χ2v) is 5.59. The molecule has 118 valence electrons. The molecule has 0 aliphatic carbocycles. The van der Waals surface area contributed by atoms with Crippen LogP contribution in [-0.4, -0.2) is 43.0 Å². The average molecular weight is 314 g/mol. The molecule has 1 aromatic rings. The molecule has 2 rings (SSSR count). The van der Waals surface area contributed by atoms with Crippen molar-refractivity contribution in [3.63, 3.8) is 0 Å². The number of nitrogens with zero attached hydrogens (tertiary/aromatic N) is 2. The van der Waals surface area contributed by atoms with E-state index in [1.54, 1.807) is 12.1 Å². The Morgan fingerprint density at radius 1 is 1.33 bits per heavy atom. The van der Waals surface area contributed by atoms with Gasteiger partial charge in [0, 0.05) is 24.7 Å². The zero-order valence-corrected chi connectivity index (χ0v) is 13.3. The number of hydrogen-bond donors (Lipinski definition) is 1. The van der Waals surface area contributed by atoms with Crippen molar-refractivity contribution >= 4 is 18.1 Å². The van der Waals surface area contributed by atoms with Crippen LogP contribution in [0, 0.1) is 16.0 Å². The maximum atomic E-state index is 11.0. The number of para-hydroxylation sites is 1. The highest BCUT2D eigenvalue weighted by Crippen LogP contribution is 2.19. The van der Waals surface area contributed by atoms with Crippen molar-refractivity contribution in [2.45, 2.75) is 19.3 Å². The Morgan fingerprint density at radius 2 is 2.00 bits per heavy atom. The van der Waals surface area contributed by atoms with Crippen molar-refractivity contribution in [1.82, 2.24) is 10.2 Å². The fraction of sp³-hybridized carbons (Fsp3) is 0.600. The third kappa shape index (κ3) is 5.61. The Labute approximate surface area is 132 Å². The topological polar surface area (TPSA) is 58.4 Å². The SMILES string of the molecule is CN(CCc1ccccc1[N+](=O)[O-])CC1CCNCC1.Cl. The molecule has 1 fully saturated rings. The first-order valence-corrected chi connectivity index (χ1v) is 7.28. The molecule has 1 N–H and O–H groups in total. The molecule has 1 aliphatic heterocycles. The third-order valence-corrected chi connectivity index (χ3v) is 3.98. The van der Waals surface area contributed by atoms with Crippen LogP contribution in [0.15, 0.2) is 24.3 Å². The van der Waals surface area contributed by atoms with Crippen LogP contribution in [-0.2, 0) is 6.42 Å². The largest absolute Gasteiger partial charge is 0.317 e. The van der Waals surface area contributed by atoms with Gasteiger partial charge in [-0.25, -0.2) is 0 Å². The molecule has 1 aliphatic rings. The molecule has 1 aromatic carbocycles. The molecule has 1 saturated heterocycles. The quantitative estimate of drug-likeness (QED) is 0.647. The van der Waals surface area contributed by atoms with Crippen LogP contribution in [0.5, 0.6) is 0 Å². The molecule has 0 amide bonds. The van der Waals surface area contributed by atoms with Gasteiger partial charge in [-0.15, -0.1) is 12.4 Å². The molecule has 0 spiro atoms. The van der Waals surface area contributed by atoms with E-state index in [2.05, 4.69) is 17.3 Å². The van der Waals surface area contributed by atoms with Crippen molar-refractivity contribution in [1.29, 1.82) is 0 Å². The number of halogens is 1. The Morgan fingerprint density at radius 3 is 2.67 bits per heavy atom. The number of benzene rings is 1. The smallest absolute Gasteiger partial charge is 0.272 e. The number of nitrogens with one attached hydrogen (secondary N) is 1. The average Bonchev–Trinajstić information content (AvgIpc) is 2.46. The van der Waals surface area contributed by atoms with Gasteiger partial charge in [-0.2, -0.15) is 0 Å². The summed E-state index contributed by atoms with van der Waals surface area (Å²) >= 11 is 0. The fourth-order valence-corrected chi connectivity index (χ4v) is 2.81. The highest BCUT2D eigenvalue weighted by Gasteiger charge is 2.16. The van der Waals surface area contributed by atoms with E-state index in [9.17, 15) is 10.1 Å². The third-order valence-electron chi connectivity index (χ3n) is 3.98. The van der Waals surface area contributed by atoms with Crippen LogP contribution < -0.4 is 5.32 Å². The molecule has 6 heteroatoms. The van der Waals surface area contributed by atoms with E-state index in [1.165, 1.54) is 12.8 Å². The van der Waals surface area contributed by atoms with Gasteiger partial charge in [-0.3, -0.25) is 10.1 Å². The lowest BCUT2D eigenvalue weighted by molar-refractivity contribution is -0.385. The van der Waals surface area contributed by atoms with Gasteiger partial charge in [-0.1, -0.05) is 18.2 Å². The van der Waals surface area contributed by atoms with Gasteiger partial charge in [-0.05, 0) is 45.3 Å². The van der Waals surface area contributed by atoms with Crippen molar-refractivity contribution in [3.05, 3.63) is 39.9 Å². The van der Waals surface area contributed by atoms with Gasteiger partial charge >= 0.3 is 0 Å². The summed E-state index contributed by atoms with van der Waals surface area (Å²) in [6.07, 6.45) is 3.20. The summed E-state index contributed by atoms with van der Waals surface area (Å²) in [5.41, 5.74) is 1.07. The van der Waals surface area contributed by atoms with Crippen LogP contribution in [0.3, 0.4) is 0 Å². The Bertz CT molecular complexity index is 450. The maximum absolute atomic E-state index is 11.0.